The fourth-order valence-corrected chi connectivity index (χ4v) is 2.37. The van der Waals surface area contributed by atoms with Crippen molar-refractivity contribution in [2.75, 3.05) is 40.3 Å². The fraction of sp³-hybridized carbons (Fsp3) is 1.00. The highest BCUT2D eigenvalue weighted by Crippen LogP contribution is 2.18. The molecule has 0 aromatic carbocycles. The largest absolute Gasteiger partial charge is 0.314 e. The lowest BCUT2D eigenvalue weighted by molar-refractivity contribution is 0.179. The normalized spacial score (nSPS) is 18.0. The standard InChI is InChI=1S/C14H31N3/c1-5-17(13(2)12-16(3)4)11-7-6-10-15-14-8-9-14/h13-15H,5-12H2,1-4H3. The van der Waals surface area contributed by atoms with Crippen molar-refractivity contribution in [3.63, 3.8) is 0 Å². The van der Waals surface area contributed by atoms with Crippen molar-refractivity contribution in [1.29, 1.82) is 0 Å². The van der Waals surface area contributed by atoms with Crippen LogP contribution in [0.15, 0.2) is 0 Å². The number of hydrogen-bond acceptors (Lipinski definition) is 3. The highest BCUT2D eigenvalue weighted by Gasteiger charge is 2.19. The van der Waals surface area contributed by atoms with Gasteiger partial charge in [-0.2, -0.15) is 0 Å². The third-order valence-electron chi connectivity index (χ3n) is 3.54. The fourth-order valence-electron chi connectivity index (χ4n) is 2.37. The number of hydrogen-bond donors (Lipinski definition) is 1. The lowest BCUT2D eigenvalue weighted by Gasteiger charge is -2.29. The minimum absolute atomic E-state index is 0.673. The summed E-state index contributed by atoms with van der Waals surface area (Å²) >= 11 is 0. The molecule has 1 unspecified atom stereocenters. The maximum Gasteiger partial charge on any atom is 0.0194 e. The molecule has 0 radical (unpaired) electrons. The zero-order valence-electron chi connectivity index (χ0n) is 12.2. The van der Waals surface area contributed by atoms with Crippen LogP contribution in [0.3, 0.4) is 0 Å². The van der Waals surface area contributed by atoms with E-state index in [1.165, 1.54) is 45.3 Å². The first-order valence-corrected chi connectivity index (χ1v) is 7.25. The van der Waals surface area contributed by atoms with E-state index >= 15 is 0 Å². The van der Waals surface area contributed by atoms with Crippen molar-refractivity contribution in [3.8, 4) is 0 Å². The van der Waals surface area contributed by atoms with Gasteiger partial charge in [0.2, 0.25) is 0 Å². The van der Waals surface area contributed by atoms with Gasteiger partial charge in [-0.3, -0.25) is 4.90 Å². The summed E-state index contributed by atoms with van der Waals surface area (Å²) in [4.78, 5) is 4.87. The van der Waals surface area contributed by atoms with Crippen molar-refractivity contribution in [2.24, 2.45) is 0 Å². The van der Waals surface area contributed by atoms with Crippen LogP contribution in [0.2, 0.25) is 0 Å². The van der Waals surface area contributed by atoms with E-state index in [1.807, 2.05) is 0 Å². The van der Waals surface area contributed by atoms with Crippen LogP contribution in [0.4, 0.5) is 0 Å². The maximum atomic E-state index is 3.58. The van der Waals surface area contributed by atoms with Gasteiger partial charge in [0.05, 0.1) is 0 Å². The van der Waals surface area contributed by atoms with Crippen LogP contribution in [0.25, 0.3) is 0 Å². The van der Waals surface area contributed by atoms with E-state index in [0.29, 0.717) is 6.04 Å². The Bertz CT molecular complexity index is 190. The minimum atomic E-state index is 0.673. The van der Waals surface area contributed by atoms with E-state index in [2.05, 4.69) is 43.1 Å². The Morgan fingerprint density at radius 3 is 2.47 bits per heavy atom. The summed E-state index contributed by atoms with van der Waals surface area (Å²) in [7, 11) is 4.31. The number of likely N-dealkylation sites (N-methyl/N-ethyl adjacent to an activating group) is 2. The molecule has 1 N–H and O–H groups in total. The number of nitrogens with one attached hydrogen (secondary N) is 1. The molecule has 0 aliphatic heterocycles. The molecule has 0 aromatic rings. The molecule has 0 spiro atoms. The molecule has 3 heteroatoms. The molecule has 0 heterocycles. The van der Waals surface area contributed by atoms with Gasteiger partial charge < -0.3 is 10.2 Å². The van der Waals surface area contributed by atoms with Crippen LogP contribution in [0.5, 0.6) is 0 Å². The predicted molar refractivity (Wildman–Crippen MR) is 75.5 cm³/mol. The summed E-state index contributed by atoms with van der Waals surface area (Å²) in [5, 5.41) is 3.58. The predicted octanol–water partition coefficient (Wildman–Crippen LogP) is 1.79. The van der Waals surface area contributed by atoms with Crippen LogP contribution < -0.4 is 5.32 Å². The van der Waals surface area contributed by atoms with Crippen LogP contribution in [-0.4, -0.2) is 62.2 Å². The molecule has 1 saturated carbocycles. The summed E-state index contributed by atoms with van der Waals surface area (Å²) in [6, 6.07) is 1.54. The third-order valence-corrected chi connectivity index (χ3v) is 3.54. The maximum absolute atomic E-state index is 3.58. The quantitative estimate of drug-likeness (QED) is 0.588. The Hall–Kier alpha value is -0.120. The molecule has 0 saturated heterocycles. The average molecular weight is 241 g/mol. The summed E-state index contributed by atoms with van der Waals surface area (Å²) in [6.07, 6.45) is 5.45. The van der Waals surface area contributed by atoms with E-state index in [4.69, 9.17) is 0 Å². The van der Waals surface area contributed by atoms with Gasteiger partial charge in [-0.25, -0.2) is 0 Å². The van der Waals surface area contributed by atoms with E-state index in [0.717, 1.165) is 12.6 Å². The van der Waals surface area contributed by atoms with Crippen LogP contribution in [-0.2, 0) is 0 Å². The zero-order chi connectivity index (χ0) is 12.7. The number of nitrogens with zero attached hydrogens (tertiary/aromatic N) is 2. The van der Waals surface area contributed by atoms with Crippen LogP contribution >= 0.6 is 0 Å². The Morgan fingerprint density at radius 1 is 1.24 bits per heavy atom. The highest BCUT2D eigenvalue weighted by atomic mass is 15.2. The first kappa shape index (κ1) is 14.9. The van der Waals surface area contributed by atoms with Crippen molar-refractivity contribution in [3.05, 3.63) is 0 Å². The Kier molecular flexibility index (Phi) is 7.09. The lowest BCUT2D eigenvalue weighted by Crippen LogP contribution is -2.40. The molecule has 3 nitrogen and oxygen atoms in total. The summed E-state index contributed by atoms with van der Waals surface area (Å²) in [6.45, 7) is 9.40. The number of rotatable bonds is 10. The van der Waals surface area contributed by atoms with E-state index in [1.54, 1.807) is 0 Å². The lowest BCUT2D eigenvalue weighted by atomic mass is 10.2. The molecule has 1 rings (SSSR count). The van der Waals surface area contributed by atoms with Crippen LogP contribution in [0, 0.1) is 0 Å². The minimum Gasteiger partial charge on any atom is -0.314 e. The monoisotopic (exact) mass is 241 g/mol. The van der Waals surface area contributed by atoms with Crippen molar-refractivity contribution < 1.29 is 0 Å². The van der Waals surface area contributed by atoms with E-state index in [-0.39, 0.29) is 0 Å². The molecule has 1 fully saturated rings. The van der Waals surface area contributed by atoms with Gasteiger partial charge in [-0.05, 0) is 66.3 Å². The summed E-state index contributed by atoms with van der Waals surface area (Å²) in [5.74, 6) is 0. The SMILES string of the molecule is CCN(CCCCNC1CC1)C(C)CN(C)C. The van der Waals surface area contributed by atoms with Gasteiger partial charge >= 0.3 is 0 Å². The zero-order valence-corrected chi connectivity index (χ0v) is 12.2. The van der Waals surface area contributed by atoms with Crippen LogP contribution in [0.1, 0.15) is 39.5 Å². The van der Waals surface area contributed by atoms with Crippen molar-refractivity contribution >= 4 is 0 Å². The van der Waals surface area contributed by atoms with Gasteiger partial charge in [0, 0.05) is 18.6 Å². The molecule has 1 atom stereocenters. The van der Waals surface area contributed by atoms with Crippen molar-refractivity contribution in [2.45, 2.75) is 51.6 Å². The first-order valence-electron chi connectivity index (χ1n) is 7.25. The third kappa shape index (κ3) is 7.02. The highest BCUT2D eigenvalue weighted by molar-refractivity contribution is 4.80. The topological polar surface area (TPSA) is 18.5 Å². The Balaban J connectivity index is 2.03. The van der Waals surface area contributed by atoms with Gasteiger partial charge in [-0.1, -0.05) is 6.92 Å². The second kappa shape index (κ2) is 8.06. The second-order valence-electron chi connectivity index (χ2n) is 5.68. The van der Waals surface area contributed by atoms with E-state index in [9.17, 15) is 0 Å². The molecule has 17 heavy (non-hydrogen) atoms. The molecular formula is C14H31N3. The first-order chi connectivity index (χ1) is 8.13. The second-order valence-corrected chi connectivity index (χ2v) is 5.68. The van der Waals surface area contributed by atoms with Gasteiger partial charge in [0.25, 0.3) is 0 Å². The molecular weight excluding hydrogens is 210 g/mol. The van der Waals surface area contributed by atoms with Gasteiger partial charge in [-0.15, -0.1) is 0 Å². The van der Waals surface area contributed by atoms with Crippen molar-refractivity contribution in [1.82, 2.24) is 15.1 Å². The molecule has 0 aromatic heterocycles. The molecule has 0 amide bonds. The Morgan fingerprint density at radius 2 is 1.94 bits per heavy atom. The summed E-state index contributed by atoms with van der Waals surface area (Å²) in [5.41, 5.74) is 0. The smallest absolute Gasteiger partial charge is 0.0194 e. The van der Waals surface area contributed by atoms with Gasteiger partial charge in [0.15, 0.2) is 0 Å². The molecule has 1 aliphatic rings. The molecule has 102 valence electrons. The number of unbranched alkanes of at least 4 members (excludes halogenated alkanes) is 1. The average Bonchev–Trinajstić information content (AvgIpc) is 3.06. The summed E-state index contributed by atoms with van der Waals surface area (Å²) < 4.78 is 0. The molecule has 1 aliphatic carbocycles. The Labute approximate surface area is 108 Å². The van der Waals surface area contributed by atoms with Gasteiger partial charge in [0.1, 0.15) is 0 Å². The molecule has 0 bridgehead atoms. The van der Waals surface area contributed by atoms with E-state index < -0.39 is 0 Å².